The highest BCUT2D eigenvalue weighted by atomic mass is 16.5. The van der Waals surface area contributed by atoms with E-state index in [0.717, 1.165) is 13.1 Å². The Balaban J connectivity index is 1.76. The summed E-state index contributed by atoms with van der Waals surface area (Å²) in [5.74, 6) is 0.206. The van der Waals surface area contributed by atoms with Gasteiger partial charge in [0.25, 0.3) is 5.91 Å². The van der Waals surface area contributed by atoms with Crippen LogP contribution in [0, 0.1) is 0 Å². The number of amides is 2. The van der Waals surface area contributed by atoms with Crippen LogP contribution in [0.25, 0.3) is 0 Å². The summed E-state index contributed by atoms with van der Waals surface area (Å²) in [5, 5.41) is 0. The van der Waals surface area contributed by atoms with E-state index in [9.17, 15) is 14.4 Å². The van der Waals surface area contributed by atoms with Crippen LogP contribution in [0.5, 0.6) is 5.75 Å². The first-order valence-electron chi connectivity index (χ1n) is 9.63. The Morgan fingerprint density at radius 2 is 1.66 bits per heavy atom. The fraction of sp³-hybridized carbons (Fsp3) is 0.381. The lowest BCUT2D eigenvalue weighted by atomic mass is 10.1. The van der Waals surface area contributed by atoms with Crippen LogP contribution in [0.4, 0.5) is 0 Å². The van der Waals surface area contributed by atoms with Gasteiger partial charge in [-0.3, -0.25) is 30.1 Å². The quantitative estimate of drug-likeness (QED) is 0.469. The van der Waals surface area contributed by atoms with E-state index in [1.807, 2.05) is 0 Å². The van der Waals surface area contributed by atoms with E-state index in [-0.39, 0.29) is 18.2 Å². The number of carbonyl (C=O) groups is 3. The Hall–Kier alpha value is -3.13. The van der Waals surface area contributed by atoms with E-state index >= 15 is 0 Å². The summed E-state index contributed by atoms with van der Waals surface area (Å²) < 4.78 is 10.9. The fourth-order valence-corrected chi connectivity index (χ4v) is 2.57. The number of nitrogens with zero attached hydrogens (tertiary/aromatic N) is 1. The highest BCUT2D eigenvalue weighted by molar-refractivity contribution is 5.96. The van der Waals surface area contributed by atoms with Gasteiger partial charge in [-0.05, 0) is 49.5 Å². The van der Waals surface area contributed by atoms with Gasteiger partial charge in [0.05, 0.1) is 6.54 Å². The van der Waals surface area contributed by atoms with Crippen molar-refractivity contribution in [3.8, 4) is 5.75 Å². The van der Waals surface area contributed by atoms with E-state index in [2.05, 4.69) is 29.6 Å². The summed E-state index contributed by atoms with van der Waals surface area (Å²) in [4.78, 5) is 37.7. The van der Waals surface area contributed by atoms with Gasteiger partial charge in [-0.15, -0.1) is 0 Å². The number of nitrogens with one attached hydrogen (secondary N) is 2. The Bertz CT molecular complexity index is 825. The molecule has 1 aromatic carbocycles. The molecular formula is C21H27N3O5. The summed E-state index contributed by atoms with van der Waals surface area (Å²) in [6.07, 6.45) is 0.426. The summed E-state index contributed by atoms with van der Waals surface area (Å²) in [6, 6.07) is 9.84. The third kappa shape index (κ3) is 6.76. The molecule has 0 radical (unpaired) electrons. The van der Waals surface area contributed by atoms with Crippen molar-refractivity contribution in [1.82, 2.24) is 15.8 Å². The smallest absolute Gasteiger partial charge is 0.305 e. The molecule has 156 valence electrons. The standard InChI is InChI=1S/C21H27N3O5/c1-4-18(25)15-7-9-16(10-8-15)28-14-20(26)22-23-21(27)19-12-11-17(29-19)13-24(5-2)6-3/h7-12H,4-6,13-14H2,1-3H3,(H,22,26)(H,23,27). The second-order valence-electron chi connectivity index (χ2n) is 6.32. The third-order valence-electron chi connectivity index (χ3n) is 4.34. The molecule has 8 nitrogen and oxygen atoms in total. The highest BCUT2D eigenvalue weighted by Crippen LogP contribution is 2.13. The number of ketones is 1. The van der Waals surface area contributed by atoms with Crippen LogP contribution < -0.4 is 15.6 Å². The van der Waals surface area contributed by atoms with Gasteiger partial charge >= 0.3 is 5.91 Å². The lowest BCUT2D eigenvalue weighted by Crippen LogP contribution is -2.43. The zero-order valence-corrected chi connectivity index (χ0v) is 17.0. The van der Waals surface area contributed by atoms with E-state index in [0.29, 0.717) is 30.0 Å². The number of hydrogen-bond acceptors (Lipinski definition) is 6. The molecule has 2 N–H and O–H groups in total. The minimum Gasteiger partial charge on any atom is -0.484 e. The Morgan fingerprint density at radius 3 is 2.28 bits per heavy atom. The molecule has 1 aromatic heterocycles. The van der Waals surface area contributed by atoms with Crippen LogP contribution in [-0.2, 0) is 11.3 Å². The molecule has 0 spiro atoms. The summed E-state index contributed by atoms with van der Waals surface area (Å²) >= 11 is 0. The number of rotatable bonds is 10. The van der Waals surface area contributed by atoms with Crippen molar-refractivity contribution >= 4 is 17.6 Å². The average Bonchev–Trinajstić information content (AvgIpc) is 3.22. The van der Waals surface area contributed by atoms with Crippen LogP contribution in [0.1, 0.15) is 53.9 Å². The molecule has 0 fully saturated rings. The molecule has 0 aliphatic carbocycles. The third-order valence-corrected chi connectivity index (χ3v) is 4.34. The van der Waals surface area contributed by atoms with Crippen molar-refractivity contribution in [3.05, 3.63) is 53.5 Å². The molecular weight excluding hydrogens is 374 g/mol. The number of Topliss-reactive ketones (excluding diaryl/α,β-unsaturated/α-hetero) is 1. The summed E-state index contributed by atoms with van der Waals surface area (Å²) in [6.45, 7) is 7.99. The van der Waals surface area contributed by atoms with Crippen molar-refractivity contribution in [2.24, 2.45) is 0 Å². The predicted molar refractivity (Wildman–Crippen MR) is 108 cm³/mol. The number of benzene rings is 1. The molecule has 2 amide bonds. The number of furan rings is 1. The van der Waals surface area contributed by atoms with Gasteiger partial charge < -0.3 is 9.15 Å². The van der Waals surface area contributed by atoms with Gasteiger partial charge in [0, 0.05) is 12.0 Å². The minimum atomic E-state index is -0.549. The average molecular weight is 401 g/mol. The molecule has 0 unspecified atom stereocenters. The highest BCUT2D eigenvalue weighted by Gasteiger charge is 2.14. The van der Waals surface area contributed by atoms with E-state index in [1.54, 1.807) is 43.3 Å². The van der Waals surface area contributed by atoms with Crippen molar-refractivity contribution in [3.63, 3.8) is 0 Å². The molecule has 0 bridgehead atoms. The van der Waals surface area contributed by atoms with Crippen LogP contribution in [0.2, 0.25) is 0 Å². The monoisotopic (exact) mass is 401 g/mol. The summed E-state index contributed by atoms with van der Waals surface area (Å²) in [7, 11) is 0. The zero-order valence-electron chi connectivity index (χ0n) is 17.0. The van der Waals surface area contributed by atoms with Crippen LogP contribution in [-0.4, -0.2) is 42.2 Å². The van der Waals surface area contributed by atoms with Crippen molar-refractivity contribution in [2.45, 2.75) is 33.7 Å². The zero-order chi connectivity index (χ0) is 21.2. The summed E-state index contributed by atoms with van der Waals surface area (Å²) in [5.41, 5.74) is 5.16. The maximum absolute atomic E-state index is 12.1. The van der Waals surface area contributed by atoms with Gasteiger partial charge in [-0.25, -0.2) is 0 Å². The fourth-order valence-electron chi connectivity index (χ4n) is 2.57. The minimum absolute atomic E-state index is 0.0372. The van der Waals surface area contributed by atoms with Crippen molar-refractivity contribution in [2.75, 3.05) is 19.7 Å². The lowest BCUT2D eigenvalue weighted by Gasteiger charge is -2.15. The first-order valence-corrected chi connectivity index (χ1v) is 9.63. The van der Waals surface area contributed by atoms with Gasteiger partial charge in [0.15, 0.2) is 18.2 Å². The SMILES string of the molecule is CCC(=O)c1ccc(OCC(=O)NNC(=O)c2ccc(CN(CC)CC)o2)cc1. The normalized spacial score (nSPS) is 10.6. The molecule has 0 saturated carbocycles. The van der Waals surface area contributed by atoms with Crippen LogP contribution in [0.15, 0.2) is 40.8 Å². The Labute approximate surface area is 170 Å². The largest absolute Gasteiger partial charge is 0.484 e. The lowest BCUT2D eigenvalue weighted by molar-refractivity contribution is -0.123. The van der Waals surface area contributed by atoms with Crippen molar-refractivity contribution in [1.29, 1.82) is 0 Å². The number of hydrazine groups is 1. The molecule has 0 saturated heterocycles. The number of hydrogen-bond donors (Lipinski definition) is 2. The molecule has 2 aromatic rings. The maximum atomic E-state index is 12.1. The van der Waals surface area contributed by atoms with Gasteiger partial charge in [-0.2, -0.15) is 0 Å². The first-order chi connectivity index (χ1) is 14.0. The Kier molecular flexibility index (Phi) is 8.42. The maximum Gasteiger partial charge on any atom is 0.305 e. The second kappa shape index (κ2) is 11.0. The topological polar surface area (TPSA) is 101 Å². The van der Waals surface area contributed by atoms with Crippen molar-refractivity contribution < 1.29 is 23.5 Å². The Morgan fingerprint density at radius 1 is 0.966 bits per heavy atom. The van der Waals surface area contributed by atoms with E-state index < -0.39 is 11.8 Å². The van der Waals surface area contributed by atoms with Gasteiger partial charge in [0.1, 0.15) is 11.5 Å². The first kappa shape index (κ1) is 22.2. The number of ether oxygens (including phenoxy) is 1. The second-order valence-corrected chi connectivity index (χ2v) is 6.32. The van der Waals surface area contributed by atoms with Gasteiger partial charge in [-0.1, -0.05) is 20.8 Å². The molecule has 0 atom stereocenters. The van der Waals surface area contributed by atoms with E-state index in [4.69, 9.17) is 9.15 Å². The molecule has 0 aliphatic heterocycles. The molecule has 1 heterocycles. The molecule has 29 heavy (non-hydrogen) atoms. The molecule has 8 heteroatoms. The molecule has 2 rings (SSSR count). The van der Waals surface area contributed by atoms with Gasteiger partial charge in [0.2, 0.25) is 0 Å². The number of carbonyl (C=O) groups excluding carboxylic acids is 3. The van der Waals surface area contributed by atoms with Crippen LogP contribution in [0.3, 0.4) is 0 Å². The van der Waals surface area contributed by atoms with E-state index in [1.165, 1.54) is 0 Å². The predicted octanol–water partition coefficient (Wildman–Crippen LogP) is 2.55. The molecule has 0 aliphatic rings. The van der Waals surface area contributed by atoms with Crippen LogP contribution >= 0.6 is 0 Å².